The first-order valence-electron chi connectivity index (χ1n) is 8.94. The van der Waals surface area contributed by atoms with Crippen LogP contribution < -0.4 is 4.74 Å². The summed E-state index contributed by atoms with van der Waals surface area (Å²) in [5.41, 5.74) is 2.82. The lowest BCUT2D eigenvalue weighted by Crippen LogP contribution is -2.27. The molecule has 1 aliphatic rings. The van der Waals surface area contributed by atoms with Crippen LogP contribution in [-0.2, 0) is 16.0 Å². The van der Waals surface area contributed by atoms with Gasteiger partial charge in [0.15, 0.2) is 0 Å². The van der Waals surface area contributed by atoms with Gasteiger partial charge in [-0.05, 0) is 49.6 Å². The molecule has 140 valence electrons. The molecule has 2 aromatic carbocycles. The van der Waals surface area contributed by atoms with Gasteiger partial charge < -0.3 is 4.74 Å². The molecule has 1 fully saturated rings. The number of benzene rings is 2. The average Bonchev–Trinajstić information content (AvgIpc) is 2.87. The molecule has 5 heteroatoms. The second kappa shape index (κ2) is 8.18. The Morgan fingerprint density at radius 2 is 1.70 bits per heavy atom. The number of hydrogen-bond donors (Lipinski definition) is 1. The zero-order valence-electron chi connectivity index (χ0n) is 15.5. The van der Waals surface area contributed by atoms with E-state index < -0.39 is 23.7 Å². The van der Waals surface area contributed by atoms with E-state index in [0.29, 0.717) is 24.3 Å². The number of rotatable bonds is 6. The van der Waals surface area contributed by atoms with E-state index in [1.807, 2.05) is 50.3 Å². The molecular formula is C22H23NO4. The van der Waals surface area contributed by atoms with Crippen LogP contribution in [0, 0.1) is 5.92 Å². The number of amides is 2. The van der Waals surface area contributed by atoms with Crippen LogP contribution in [0.3, 0.4) is 0 Å². The summed E-state index contributed by atoms with van der Waals surface area (Å²) in [6.45, 7) is 4.48. The van der Waals surface area contributed by atoms with Crippen molar-refractivity contribution in [1.82, 2.24) is 5.06 Å². The molecule has 0 radical (unpaired) electrons. The van der Waals surface area contributed by atoms with Crippen LogP contribution in [0.4, 0.5) is 0 Å². The van der Waals surface area contributed by atoms with Gasteiger partial charge in [0.2, 0.25) is 0 Å². The molecule has 3 rings (SSSR count). The Bertz CT molecular complexity index is 838. The van der Waals surface area contributed by atoms with E-state index >= 15 is 0 Å². The van der Waals surface area contributed by atoms with Crippen molar-refractivity contribution in [2.24, 2.45) is 5.92 Å². The number of ether oxygens (including phenoxy) is 1. The first-order valence-corrected chi connectivity index (χ1v) is 8.94. The average molecular weight is 365 g/mol. The molecule has 0 aliphatic carbocycles. The van der Waals surface area contributed by atoms with Gasteiger partial charge in [0.25, 0.3) is 11.8 Å². The van der Waals surface area contributed by atoms with Crippen LogP contribution in [-0.4, -0.2) is 28.7 Å². The number of allylic oxidation sites excluding steroid dienone is 1. The molecule has 5 nitrogen and oxygen atoms in total. The molecule has 0 bridgehead atoms. The lowest BCUT2D eigenvalue weighted by Gasteiger charge is -2.16. The van der Waals surface area contributed by atoms with Gasteiger partial charge in [0.1, 0.15) is 12.4 Å². The summed E-state index contributed by atoms with van der Waals surface area (Å²) in [5.74, 6) is -1.78. The van der Waals surface area contributed by atoms with E-state index in [1.54, 1.807) is 24.3 Å². The molecule has 0 aromatic heterocycles. The number of carbonyl (C=O) groups is 2. The van der Waals surface area contributed by atoms with Crippen LogP contribution in [0.15, 0.2) is 66.2 Å². The summed E-state index contributed by atoms with van der Waals surface area (Å²) in [4.78, 5) is 24.9. The van der Waals surface area contributed by atoms with Crippen molar-refractivity contribution in [2.75, 3.05) is 6.61 Å². The maximum absolute atomic E-state index is 12.5. The minimum Gasteiger partial charge on any atom is -0.490 e. The van der Waals surface area contributed by atoms with Crippen LogP contribution in [0.2, 0.25) is 0 Å². The molecule has 0 saturated carbocycles. The molecule has 0 spiro atoms. The summed E-state index contributed by atoms with van der Waals surface area (Å²) in [6.07, 6.45) is 2.37. The zero-order chi connectivity index (χ0) is 19.4. The predicted octanol–water partition coefficient (Wildman–Crippen LogP) is 3.73. The van der Waals surface area contributed by atoms with E-state index in [2.05, 4.69) is 0 Å². The van der Waals surface area contributed by atoms with Crippen LogP contribution in [0.5, 0.6) is 5.75 Å². The molecule has 1 saturated heterocycles. The van der Waals surface area contributed by atoms with Crippen LogP contribution in [0.25, 0.3) is 0 Å². The number of hydroxylamine groups is 2. The van der Waals surface area contributed by atoms with Gasteiger partial charge in [0.05, 0.1) is 11.8 Å². The van der Waals surface area contributed by atoms with Crippen molar-refractivity contribution in [1.29, 1.82) is 0 Å². The van der Waals surface area contributed by atoms with Crippen molar-refractivity contribution < 1.29 is 19.5 Å². The highest BCUT2D eigenvalue weighted by atomic mass is 16.5. The predicted molar refractivity (Wildman–Crippen MR) is 101 cm³/mol. The molecular weight excluding hydrogens is 342 g/mol. The quantitative estimate of drug-likeness (QED) is 0.481. The van der Waals surface area contributed by atoms with Crippen molar-refractivity contribution in [3.8, 4) is 5.75 Å². The van der Waals surface area contributed by atoms with E-state index in [4.69, 9.17) is 4.74 Å². The summed E-state index contributed by atoms with van der Waals surface area (Å²) in [6, 6.07) is 16.6. The topological polar surface area (TPSA) is 66.8 Å². The minimum absolute atomic E-state index is 0.261. The van der Waals surface area contributed by atoms with E-state index in [9.17, 15) is 14.8 Å². The third kappa shape index (κ3) is 4.26. The molecule has 2 amide bonds. The molecule has 1 aliphatic heterocycles. The van der Waals surface area contributed by atoms with Crippen molar-refractivity contribution in [3.63, 3.8) is 0 Å². The normalized spacial score (nSPS) is 19.3. The number of carbonyl (C=O) groups excluding carboxylic acids is 2. The molecule has 2 aromatic rings. The van der Waals surface area contributed by atoms with Crippen molar-refractivity contribution in [3.05, 3.63) is 77.4 Å². The van der Waals surface area contributed by atoms with E-state index in [0.717, 1.165) is 5.56 Å². The van der Waals surface area contributed by atoms with Gasteiger partial charge in [-0.2, -0.15) is 5.06 Å². The largest absolute Gasteiger partial charge is 0.490 e. The third-order valence-electron chi connectivity index (χ3n) is 4.68. The second-order valence-electron chi connectivity index (χ2n) is 6.92. The highest BCUT2D eigenvalue weighted by Crippen LogP contribution is 2.36. The van der Waals surface area contributed by atoms with Gasteiger partial charge in [-0.15, -0.1) is 0 Å². The maximum Gasteiger partial charge on any atom is 0.261 e. The Hall–Kier alpha value is -2.92. The zero-order valence-corrected chi connectivity index (χ0v) is 15.5. The molecule has 1 N–H and O–H groups in total. The molecule has 27 heavy (non-hydrogen) atoms. The Kier molecular flexibility index (Phi) is 5.72. The first kappa shape index (κ1) is 18.9. The number of imide groups is 1. The summed E-state index contributed by atoms with van der Waals surface area (Å²) >= 11 is 0. The monoisotopic (exact) mass is 365 g/mol. The standard InChI is InChI=1S/C22H23NO4/c1-15(2)12-13-27-18-10-8-17(9-11-18)20-19(21(24)23(26)22(20)25)14-16-6-4-3-5-7-16/h3-12,19-20,26H,13-14H2,1-2H3/t19-,20+/m1/s1. The summed E-state index contributed by atoms with van der Waals surface area (Å²) < 4.78 is 5.64. The van der Waals surface area contributed by atoms with E-state index in [-0.39, 0.29) is 5.06 Å². The molecule has 0 unspecified atom stereocenters. The Morgan fingerprint density at radius 1 is 1.04 bits per heavy atom. The lowest BCUT2D eigenvalue weighted by atomic mass is 9.84. The summed E-state index contributed by atoms with van der Waals surface area (Å²) in [5, 5.41) is 10.1. The van der Waals surface area contributed by atoms with Gasteiger partial charge in [0, 0.05) is 0 Å². The number of hydrogen-bond acceptors (Lipinski definition) is 4. The summed E-state index contributed by atoms with van der Waals surface area (Å²) in [7, 11) is 0. The number of nitrogens with zero attached hydrogens (tertiary/aromatic N) is 1. The highest BCUT2D eigenvalue weighted by Gasteiger charge is 2.48. The van der Waals surface area contributed by atoms with Gasteiger partial charge in [-0.1, -0.05) is 48.0 Å². The third-order valence-corrected chi connectivity index (χ3v) is 4.68. The van der Waals surface area contributed by atoms with Crippen molar-refractivity contribution in [2.45, 2.75) is 26.2 Å². The lowest BCUT2D eigenvalue weighted by molar-refractivity contribution is -0.172. The molecule has 1 heterocycles. The fraction of sp³-hybridized carbons (Fsp3) is 0.273. The van der Waals surface area contributed by atoms with Gasteiger partial charge >= 0.3 is 0 Å². The van der Waals surface area contributed by atoms with E-state index in [1.165, 1.54) is 5.57 Å². The van der Waals surface area contributed by atoms with Crippen LogP contribution in [0.1, 0.15) is 30.9 Å². The smallest absolute Gasteiger partial charge is 0.261 e. The maximum atomic E-state index is 12.5. The van der Waals surface area contributed by atoms with Crippen LogP contribution >= 0.6 is 0 Å². The van der Waals surface area contributed by atoms with Gasteiger partial charge in [-0.25, -0.2) is 0 Å². The SMILES string of the molecule is CC(C)=CCOc1ccc([C@@H]2C(=O)N(O)C(=O)[C@@H]2Cc2ccccc2)cc1. The Morgan fingerprint density at radius 3 is 2.33 bits per heavy atom. The minimum atomic E-state index is -0.700. The first-order chi connectivity index (χ1) is 13.0. The highest BCUT2D eigenvalue weighted by molar-refractivity contribution is 6.06. The Balaban J connectivity index is 1.80. The fourth-order valence-corrected chi connectivity index (χ4v) is 3.24. The fourth-order valence-electron chi connectivity index (χ4n) is 3.24. The molecule has 2 atom stereocenters. The Labute approximate surface area is 158 Å². The van der Waals surface area contributed by atoms with Gasteiger partial charge in [-0.3, -0.25) is 14.8 Å². The van der Waals surface area contributed by atoms with Crippen molar-refractivity contribution >= 4 is 11.8 Å². The second-order valence-corrected chi connectivity index (χ2v) is 6.92.